The normalized spacial score (nSPS) is 30.5. The van der Waals surface area contributed by atoms with Crippen molar-refractivity contribution < 1.29 is 0 Å². The third kappa shape index (κ3) is 1.57. The van der Waals surface area contributed by atoms with Gasteiger partial charge in [-0.1, -0.05) is 28.1 Å². The quantitative estimate of drug-likeness (QED) is 0.608. The van der Waals surface area contributed by atoms with Crippen LogP contribution in [0.3, 0.4) is 0 Å². The van der Waals surface area contributed by atoms with Gasteiger partial charge in [-0.2, -0.15) is 0 Å². The van der Waals surface area contributed by atoms with Gasteiger partial charge in [0, 0.05) is 11.4 Å². The molecule has 1 saturated heterocycles. The summed E-state index contributed by atoms with van der Waals surface area (Å²) in [4.78, 5) is 0.571. The molecule has 0 aromatic carbocycles. The Morgan fingerprint density at radius 3 is 3.27 bits per heavy atom. The van der Waals surface area contributed by atoms with E-state index in [1.807, 2.05) is 0 Å². The lowest BCUT2D eigenvalue weighted by Gasteiger charge is -2.24. The van der Waals surface area contributed by atoms with E-state index in [9.17, 15) is 0 Å². The van der Waals surface area contributed by atoms with Crippen LogP contribution in [0.2, 0.25) is 0 Å². The zero-order chi connectivity index (χ0) is 7.68. The fourth-order valence-electron chi connectivity index (χ4n) is 1.66. The fraction of sp³-hybridized carbons (Fsp3) is 0.556. The molecule has 0 aromatic heterocycles. The van der Waals surface area contributed by atoms with E-state index in [-0.39, 0.29) is 0 Å². The summed E-state index contributed by atoms with van der Waals surface area (Å²) >= 11 is 3.60. The number of hydrogen-bond donors (Lipinski definition) is 1. The first kappa shape index (κ1) is 7.56. The maximum Gasteiger partial charge on any atom is 0.0366 e. The summed E-state index contributed by atoms with van der Waals surface area (Å²) in [6, 6.07) is 0. The number of piperidine rings is 1. The van der Waals surface area contributed by atoms with Gasteiger partial charge in [0.1, 0.15) is 0 Å². The Balaban J connectivity index is 2.19. The Morgan fingerprint density at radius 2 is 2.36 bits per heavy atom. The number of alkyl halides is 1. The van der Waals surface area contributed by atoms with Crippen molar-refractivity contribution in [2.45, 2.75) is 17.7 Å². The fourth-order valence-corrected chi connectivity index (χ4v) is 2.17. The molecule has 2 rings (SSSR count). The Kier molecular flexibility index (Phi) is 2.14. The van der Waals surface area contributed by atoms with Gasteiger partial charge in [0.25, 0.3) is 0 Å². The summed E-state index contributed by atoms with van der Waals surface area (Å²) in [6.45, 7) is 2.21. The summed E-state index contributed by atoms with van der Waals surface area (Å²) in [5.41, 5.74) is 3.07. The van der Waals surface area contributed by atoms with E-state index in [4.69, 9.17) is 0 Å². The van der Waals surface area contributed by atoms with Crippen molar-refractivity contribution >= 4 is 15.9 Å². The lowest BCUT2D eigenvalue weighted by atomic mass is 9.93. The number of hydrogen-bond acceptors (Lipinski definition) is 1. The van der Waals surface area contributed by atoms with Crippen LogP contribution in [0.15, 0.2) is 23.3 Å². The minimum Gasteiger partial charge on any atom is -0.312 e. The summed E-state index contributed by atoms with van der Waals surface area (Å²) in [5.74, 6) is 0. The minimum absolute atomic E-state index is 0.571. The first-order valence-corrected chi connectivity index (χ1v) is 5.03. The van der Waals surface area contributed by atoms with Gasteiger partial charge < -0.3 is 5.32 Å². The molecule has 1 N–H and O–H groups in total. The number of rotatable bonds is 0. The van der Waals surface area contributed by atoms with Gasteiger partial charge in [-0.25, -0.2) is 0 Å². The van der Waals surface area contributed by atoms with Crippen LogP contribution in [0, 0.1) is 0 Å². The molecular formula is C9H12BrN. The van der Waals surface area contributed by atoms with Gasteiger partial charge in [0.2, 0.25) is 0 Å². The standard InChI is InChI=1S/C9H12BrN/c10-9-2-1-7-3-4-11-6-8(7)5-9/h1,5,9,11H,2-4,6H2. The molecule has 1 unspecified atom stereocenters. The lowest BCUT2D eigenvalue weighted by molar-refractivity contribution is 0.672. The molecule has 0 bridgehead atoms. The molecule has 60 valence electrons. The van der Waals surface area contributed by atoms with Crippen molar-refractivity contribution in [1.82, 2.24) is 5.32 Å². The smallest absolute Gasteiger partial charge is 0.0366 e. The summed E-state index contributed by atoms with van der Waals surface area (Å²) < 4.78 is 0. The average molecular weight is 214 g/mol. The van der Waals surface area contributed by atoms with Crippen LogP contribution < -0.4 is 5.32 Å². The predicted octanol–water partition coefficient (Wildman–Crippen LogP) is 2.00. The van der Waals surface area contributed by atoms with Crippen LogP contribution in [0.1, 0.15) is 12.8 Å². The third-order valence-electron chi connectivity index (χ3n) is 2.27. The van der Waals surface area contributed by atoms with E-state index >= 15 is 0 Å². The van der Waals surface area contributed by atoms with Crippen LogP contribution >= 0.6 is 15.9 Å². The first-order chi connectivity index (χ1) is 5.36. The highest BCUT2D eigenvalue weighted by molar-refractivity contribution is 9.09. The summed E-state index contributed by atoms with van der Waals surface area (Å²) in [5, 5.41) is 3.37. The molecule has 11 heavy (non-hydrogen) atoms. The molecule has 2 heteroatoms. The zero-order valence-electron chi connectivity index (χ0n) is 6.44. The highest BCUT2D eigenvalue weighted by Gasteiger charge is 2.15. The third-order valence-corrected chi connectivity index (χ3v) is 2.91. The topological polar surface area (TPSA) is 12.0 Å². The Morgan fingerprint density at radius 1 is 1.45 bits per heavy atom. The van der Waals surface area contributed by atoms with E-state index in [0.717, 1.165) is 13.1 Å². The highest BCUT2D eigenvalue weighted by atomic mass is 79.9. The second-order valence-electron chi connectivity index (χ2n) is 3.10. The number of allylic oxidation sites excluding steroid dienone is 2. The first-order valence-electron chi connectivity index (χ1n) is 4.11. The van der Waals surface area contributed by atoms with E-state index in [2.05, 4.69) is 33.4 Å². The number of halogens is 1. The lowest BCUT2D eigenvalue weighted by Crippen LogP contribution is -2.27. The predicted molar refractivity (Wildman–Crippen MR) is 51.0 cm³/mol. The monoisotopic (exact) mass is 213 g/mol. The summed E-state index contributed by atoms with van der Waals surface area (Å²) in [6.07, 6.45) is 7.08. The van der Waals surface area contributed by atoms with Crippen molar-refractivity contribution in [3.8, 4) is 0 Å². The van der Waals surface area contributed by atoms with E-state index in [1.54, 1.807) is 5.57 Å². The largest absolute Gasteiger partial charge is 0.312 e. The Labute approximate surface area is 75.7 Å². The molecule has 0 amide bonds. The van der Waals surface area contributed by atoms with Gasteiger partial charge in [-0.3, -0.25) is 0 Å². The molecule has 1 nitrogen and oxygen atoms in total. The maximum atomic E-state index is 3.60. The van der Waals surface area contributed by atoms with Crippen molar-refractivity contribution in [2.24, 2.45) is 0 Å². The van der Waals surface area contributed by atoms with Crippen molar-refractivity contribution in [2.75, 3.05) is 13.1 Å². The molecular weight excluding hydrogens is 202 g/mol. The molecule has 1 aliphatic carbocycles. The molecule has 1 heterocycles. The SMILES string of the molecule is BrC1C=C2CNCCC2=CC1. The van der Waals surface area contributed by atoms with Crippen LogP contribution in [-0.2, 0) is 0 Å². The Hall–Kier alpha value is -0.0800. The van der Waals surface area contributed by atoms with Crippen LogP contribution in [0.5, 0.6) is 0 Å². The van der Waals surface area contributed by atoms with Crippen molar-refractivity contribution in [3.63, 3.8) is 0 Å². The maximum absolute atomic E-state index is 3.60. The molecule has 1 atom stereocenters. The molecule has 1 fully saturated rings. The second-order valence-corrected chi connectivity index (χ2v) is 4.28. The van der Waals surface area contributed by atoms with E-state index in [0.29, 0.717) is 4.83 Å². The second kappa shape index (κ2) is 3.11. The van der Waals surface area contributed by atoms with Crippen LogP contribution in [0.25, 0.3) is 0 Å². The van der Waals surface area contributed by atoms with Gasteiger partial charge in [0.15, 0.2) is 0 Å². The van der Waals surface area contributed by atoms with Crippen molar-refractivity contribution in [3.05, 3.63) is 23.3 Å². The molecule has 2 aliphatic rings. The number of fused-ring (bicyclic) bond motifs is 1. The molecule has 0 radical (unpaired) electrons. The molecule has 1 aliphatic heterocycles. The van der Waals surface area contributed by atoms with E-state index < -0.39 is 0 Å². The van der Waals surface area contributed by atoms with Gasteiger partial charge >= 0.3 is 0 Å². The molecule has 0 spiro atoms. The minimum atomic E-state index is 0.571. The molecule has 0 saturated carbocycles. The van der Waals surface area contributed by atoms with E-state index in [1.165, 1.54) is 18.4 Å². The van der Waals surface area contributed by atoms with Gasteiger partial charge in [-0.15, -0.1) is 0 Å². The number of nitrogens with one attached hydrogen (secondary N) is 1. The van der Waals surface area contributed by atoms with Crippen LogP contribution in [-0.4, -0.2) is 17.9 Å². The highest BCUT2D eigenvalue weighted by Crippen LogP contribution is 2.26. The van der Waals surface area contributed by atoms with Gasteiger partial charge in [-0.05, 0) is 30.5 Å². The molecule has 0 aromatic rings. The summed E-state index contributed by atoms with van der Waals surface area (Å²) in [7, 11) is 0. The van der Waals surface area contributed by atoms with Gasteiger partial charge in [0.05, 0.1) is 0 Å². The zero-order valence-corrected chi connectivity index (χ0v) is 8.02. The average Bonchev–Trinajstić information content (AvgIpc) is 2.04. The Bertz CT molecular complexity index is 218. The van der Waals surface area contributed by atoms with Crippen molar-refractivity contribution in [1.29, 1.82) is 0 Å². The van der Waals surface area contributed by atoms with Crippen LogP contribution in [0.4, 0.5) is 0 Å².